The number of aromatic nitrogens is 1. The largest absolute Gasteiger partial charge is 0.433 e. The van der Waals surface area contributed by atoms with E-state index < -0.39 is 38.8 Å². The molecule has 0 N–H and O–H groups in total. The zero-order valence-corrected chi connectivity index (χ0v) is 16.1. The van der Waals surface area contributed by atoms with Crippen LogP contribution in [0.4, 0.5) is 13.2 Å². The van der Waals surface area contributed by atoms with E-state index in [-0.39, 0.29) is 40.3 Å². The fourth-order valence-corrected chi connectivity index (χ4v) is 4.86. The van der Waals surface area contributed by atoms with Gasteiger partial charge in [-0.05, 0) is 44.0 Å². The van der Waals surface area contributed by atoms with Crippen molar-refractivity contribution in [2.45, 2.75) is 37.3 Å². The Balaban J connectivity index is 2.15. The van der Waals surface area contributed by atoms with Crippen LogP contribution in [-0.4, -0.2) is 25.0 Å². The molecule has 5 nitrogen and oxygen atoms in total. The van der Waals surface area contributed by atoms with Crippen molar-refractivity contribution in [2.75, 3.05) is 0 Å². The maximum absolute atomic E-state index is 13.0. The van der Waals surface area contributed by atoms with Crippen LogP contribution >= 0.6 is 0 Å². The van der Waals surface area contributed by atoms with Gasteiger partial charge in [0.1, 0.15) is 5.69 Å². The Morgan fingerprint density at radius 1 is 1.03 bits per heavy atom. The van der Waals surface area contributed by atoms with E-state index in [0.29, 0.717) is 6.07 Å². The maximum atomic E-state index is 13.0. The van der Waals surface area contributed by atoms with Crippen molar-refractivity contribution in [3.63, 3.8) is 0 Å². The van der Waals surface area contributed by atoms with E-state index in [2.05, 4.69) is 4.98 Å². The molecule has 0 amide bonds. The third-order valence-electron chi connectivity index (χ3n) is 4.59. The Labute approximate surface area is 165 Å². The molecule has 0 radical (unpaired) electrons. The van der Waals surface area contributed by atoms with Crippen LogP contribution in [-0.2, 0) is 20.8 Å². The average molecular weight is 423 g/mol. The van der Waals surface area contributed by atoms with Crippen LogP contribution < -0.4 is 0 Å². The number of aryl methyl sites for hydroxylation is 1. The first-order valence-corrected chi connectivity index (χ1v) is 10.2. The lowest BCUT2D eigenvalue weighted by Gasteiger charge is -2.19. The van der Waals surface area contributed by atoms with Crippen molar-refractivity contribution in [3.05, 3.63) is 69.9 Å². The molecule has 0 fully saturated rings. The molecule has 0 unspecified atom stereocenters. The van der Waals surface area contributed by atoms with Crippen molar-refractivity contribution in [3.8, 4) is 0 Å². The highest BCUT2D eigenvalue weighted by Gasteiger charge is 2.37. The van der Waals surface area contributed by atoms with Gasteiger partial charge >= 0.3 is 6.18 Å². The number of benzene rings is 1. The summed E-state index contributed by atoms with van der Waals surface area (Å²) in [5.74, 6) is -1.57. The molecule has 0 saturated heterocycles. The number of sulfone groups is 1. The number of allylic oxidation sites excluding steroid dienone is 2. The summed E-state index contributed by atoms with van der Waals surface area (Å²) in [7, 11) is -4.10. The van der Waals surface area contributed by atoms with Crippen LogP contribution in [0.5, 0.6) is 0 Å². The van der Waals surface area contributed by atoms with Gasteiger partial charge in [0.25, 0.3) is 0 Å². The van der Waals surface area contributed by atoms with Gasteiger partial charge in [0, 0.05) is 17.7 Å². The summed E-state index contributed by atoms with van der Waals surface area (Å²) in [6.07, 6.45) is -4.44. The lowest BCUT2D eigenvalue weighted by atomic mass is 9.91. The molecule has 152 valence electrons. The van der Waals surface area contributed by atoms with Gasteiger partial charge < -0.3 is 0 Å². The van der Waals surface area contributed by atoms with E-state index in [0.717, 1.165) is 6.07 Å². The first-order valence-electron chi connectivity index (χ1n) is 8.69. The number of ketones is 2. The van der Waals surface area contributed by atoms with Crippen LogP contribution in [0, 0.1) is 6.92 Å². The van der Waals surface area contributed by atoms with Crippen molar-refractivity contribution in [1.82, 2.24) is 4.98 Å². The van der Waals surface area contributed by atoms with Crippen LogP contribution in [0.1, 0.15) is 41.0 Å². The molecule has 2 aromatic rings. The predicted octanol–water partition coefficient (Wildman–Crippen LogP) is 4.07. The third kappa shape index (κ3) is 4.00. The Bertz CT molecular complexity index is 1120. The minimum Gasteiger partial charge on any atom is -0.294 e. The van der Waals surface area contributed by atoms with E-state index in [1.807, 2.05) is 0 Å². The molecular weight excluding hydrogens is 407 g/mol. The van der Waals surface area contributed by atoms with Crippen molar-refractivity contribution in [1.29, 1.82) is 0 Å². The summed E-state index contributed by atoms with van der Waals surface area (Å²) in [5.41, 5.74) is -2.13. The number of hydrogen-bond donors (Lipinski definition) is 0. The lowest BCUT2D eigenvalue weighted by molar-refractivity contribution is -0.141. The third-order valence-corrected chi connectivity index (χ3v) is 6.54. The number of pyridine rings is 1. The molecule has 0 atom stereocenters. The van der Waals surface area contributed by atoms with E-state index >= 15 is 0 Å². The van der Waals surface area contributed by atoms with Gasteiger partial charge in [-0.15, -0.1) is 0 Å². The Morgan fingerprint density at radius 3 is 2.28 bits per heavy atom. The zero-order valence-electron chi connectivity index (χ0n) is 15.3. The minimum atomic E-state index is -4.69. The second-order valence-corrected chi connectivity index (χ2v) is 8.52. The van der Waals surface area contributed by atoms with Crippen LogP contribution in [0.2, 0.25) is 0 Å². The number of hydrogen-bond acceptors (Lipinski definition) is 5. The van der Waals surface area contributed by atoms with Gasteiger partial charge in [0.15, 0.2) is 11.6 Å². The molecule has 0 bridgehead atoms. The SMILES string of the molecule is Cc1nc(C(F)(F)F)ccc1C(=O)C1=C(S(=O)(=O)c2ccccc2)CCCC1=O. The number of halogens is 3. The fourth-order valence-electron chi connectivity index (χ4n) is 3.17. The van der Waals surface area contributed by atoms with Crippen molar-refractivity contribution in [2.24, 2.45) is 0 Å². The van der Waals surface area contributed by atoms with Crippen molar-refractivity contribution >= 4 is 21.4 Å². The molecule has 1 heterocycles. The molecule has 1 aliphatic carbocycles. The highest BCUT2D eigenvalue weighted by atomic mass is 32.2. The molecular formula is C20H16F3NO4S. The number of carbonyl (C=O) groups is 2. The number of Topliss-reactive ketones (excluding diaryl/α,β-unsaturated/α-hetero) is 2. The average Bonchev–Trinajstić information content (AvgIpc) is 2.67. The number of nitrogens with zero attached hydrogens (tertiary/aromatic N) is 1. The monoisotopic (exact) mass is 423 g/mol. The van der Waals surface area contributed by atoms with E-state index in [4.69, 9.17) is 0 Å². The molecule has 3 rings (SSSR count). The fraction of sp³-hybridized carbons (Fsp3) is 0.250. The van der Waals surface area contributed by atoms with Gasteiger partial charge in [-0.25, -0.2) is 13.4 Å². The Kier molecular flexibility index (Phi) is 5.44. The summed E-state index contributed by atoms with van der Waals surface area (Å²) in [6.45, 7) is 1.21. The maximum Gasteiger partial charge on any atom is 0.433 e. The van der Waals surface area contributed by atoms with Crippen molar-refractivity contribution < 1.29 is 31.2 Å². The second-order valence-electron chi connectivity index (χ2n) is 6.55. The van der Waals surface area contributed by atoms with Gasteiger partial charge in [-0.2, -0.15) is 13.2 Å². The van der Waals surface area contributed by atoms with Crippen LogP contribution in [0.3, 0.4) is 0 Å². The summed E-state index contributed by atoms with van der Waals surface area (Å²) in [6, 6.07) is 8.94. The molecule has 0 aliphatic heterocycles. The second kappa shape index (κ2) is 7.55. The van der Waals surface area contributed by atoms with E-state index in [1.165, 1.54) is 31.2 Å². The van der Waals surface area contributed by atoms with Gasteiger partial charge in [-0.3, -0.25) is 9.59 Å². The van der Waals surface area contributed by atoms with Gasteiger partial charge in [-0.1, -0.05) is 18.2 Å². The van der Waals surface area contributed by atoms with E-state index in [1.54, 1.807) is 6.07 Å². The molecule has 9 heteroatoms. The highest BCUT2D eigenvalue weighted by molar-refractivity contribution is 7.95. The number of alkyl halides is 3. The quantitative estimate of drug-likeness (QED) is 0.547. The summed E-state index contributed by atoms with van der Waals surface area (Å²) < 4.78 is 64.5. The normalized spacial score (nSPS) is 15.5. The summed E-state index contributed by atoms with van der Waals surface area (Å²) in [4.78, 5) is 28.5. The molecule has 29 heavy (non-hydrogen) atoms. The smallest absolute Gasteiger partial charge is 0.294 e. The number of carbonyl (C=O) groups excluding carboxylic acids is 2. The zero-order chi connectivity index (χ0) is 21.4. The lowest BCUT2D eigenvalue weighted by Crippen LogP contribution is -2.24. The van der Waals surface area contributed by atoms with Crippen LogP contribution in [0.25, 0.3) is 0 Å². The Morgan fingerprint density at radius 2 is 1.69 bits per heavy atom. The first kappa shape index (κ1) is 20.9. The summed E-state index contributed by atoms with van der Waals surface area (Å²) >= 11 is 0. The highest BCUT2D eigenvalue weighted by Crippen LogP contribution is 2.34. The first-order chi connectivity index (χ1) is 13.5. The topological polar surface area (TPSA) is 81.2 Å². The minimum absolute atomic E-state index is 0.00283. The standard InChI is InChI=1S/C20H16F3NO4S/c1-12-14(10-11-17(24-12)20(21,22)23)19(26)18-15(25)8-5-9-16(18)29(27,28)13-6-3-2-4-7-13/h2-4,6-7,10-11H,5,8-9H2,1H3. The predicted molar refractivity (Wildman–Crippen MR) is 97.8 cm³/mol. The van der Waals surface area contributed by atoms with Gasteiger partial charge in [0.2, 0.25) is 9.84 Å². The van der Waals surface area contributed by atoms with E-state index in [9.17, 15) is 31.2 Å². The molecule has 1 aromatic heterocycles. The number of rotatable bonds is 4. The Hall–Kier alpha value is -2.81. The molecule has 1 aliphatic rings. The van der Waals surface area contributed by atoms with Gasteiger partial charge in [0.05, 0.1) is 15.4 Å². The molecule has 0 spiro atoms. The van der Waals surface area contributed by atoms with Crippen LogP contribution in [0.15, 0.2) is 57.8 Å². The summed E-state index contributed by atoms with van der Waals surface area (Å²) in [5, 5.41) is 0. The molecule has 0 saturated carbocycles. The molecule has 1 aromatic carbocycles.